The molecule has 0 aliphatic heterocycles. The maximum Gasteiger partial charge on any atom is 0.0578 e. The van der Waals surface area contributed by atoms with Crippen LogP contribution in [0.3, 0.4) is 0 Å². The fourth-order valence-corrected chi connectivity index (χ4v) is 2.39. The first-order valence-electron chi connectivity index (χ1n) is 5.33. The third-order valence-corrected chi connectivity index (χ3v) is 3.77. The predicted octanol–water partition coefficient (Wildman–Crippen LogP) is 3.81. The summed E-state index contributed by atoms with van der Waals surface area (Å²) in [7, 11) is 0. The average Bonchev–Trinajstić information content (AvgIpc) is 2.78. The molecular weight excluding hydrogens is 216 g/mol. The lowest BCUT2D eigenvalue weighted by atomic mass is 10.1. The molecule has 3 heteroatoms. The van der Waals surface area contributed by atoms with Crippen LogP contribution in [0.1, 0.15) is 23.4 Å². The van der Waals surface area contributed by atoms with E-state index in [1.165, 1.54) is 4.88 Å². The lowest BCUT2D eigenvalue weighted by Crippen LogP contribution is -2.06. The van der Waals surface area contributed by atoms with E-state index in [1.54, 1.807) is 11.3 Å². The average molecular weight is 232 g/mol. The topological polar surface area (TPSA) is 38.0 Å². The highest BCUT2D eigenvalue weighted by atomic mass is 32.1. The van der Waals surface area contributed by atoms with Crippen molar-refractivity contribution in [3.8, 4) is 0 Å². The Balaban J connectivity index is 2.18. The predicted molar refractivity (Wildman–Crippen MR) is 71.9 cm³/mol. The SMILES string of the molecule is Cc1c(N)cccc1NC(C)c1cccs1. The highest BCUT2D eigenvalue weighted by Crippen LogP contribution is 2.27. The number of thiophene rings is 1. The summed E-state index contributed by atoms with van der Waals surface area (Å²) in [5.41, 5.74) is 8.94. The second-order valence-electron chi connectivity index (χ2n) is 3.90. The van der Waals surface area contributed by atoms with Gasteiger partial charge in [0.2, 0.25) is 0 Å². The van der Waals surface area contributed by atoms with Gasteiger partial charge in [-0.3, -0.25) is 0 Å². The number of nitrogens with one attached hydrogen (secondary N) is 1. The summed E-state index contributed by atoms with van der Waals surface area (Å²) in [6.07, 6.45) is 0. The molecule has 0 saturated heterocycles. The van der Waals surface area contributed by atoms with Crippen LogP contribution in [0.25, 0.3) is 0 Å². The quantitative estimate of drug-likeness (QED) is 0.790. The molecule has 0 radical (unpaired) electrons. The lowest BCUT2D eigenvalue weighted by Gasteiger charge is -2.16. The van der Waals surface area contributed by atoms with Crippen LogP contribution in [0.2, 0.25) is 0 Å². The molecule has 0 aliphatic carbocycles. The molecule has 1 atom stereocenters. The number of benzene rings is 1. The Bertz CT molecular complexity index is 463. The standard InChI is InChI=1S/C13H16N2S/c1-9-11(14)5-3-6-12(9)15-10(2)13-7-4-8-16-13/h3-8,10,15H,14H2,1-2H3. The van der Waals surface area contributed by atoms with Crippen molar-refractivity contribution in [2.45, 2.75) is 19.9 Å². The van der Waals surface area contributed by atoms with E-state index < -0.39 is 0 Å². The van der Waals surface area contributed by atoms with Crippen LogP contribution < -0.4 is 11.1 Å². The van der Waals surface area contributed by atoms with Crippen LogP contribution in [0.5, 0.6) is 0 Å². The van der Waals surface area contributed by atoms with E-state index >= 15 is 0 Å². The zero-order chi connectivity index (χ0) is 11.5. The summed E-state index contributed by atoms with van der Waals surface area (Å²) in [5, 5.41) is 5.58. The largest absolute Gasteiger partial charge is 0.398 e. The van der Waals surface area contributed by atoms with Crippen molar-refractivity contribution in [2.75, 3.05) is 11.1 Å². The van der Waals surface area contributed by atoms with Gasteiger partial charge in [-0.1, -0.05) is 12.1 Å². The van der Waals surface area contributed by atoms with Gasteiger partial charge in [0.05, 0.1) is 6.04 Å². The van der Waals surface area contributed by atoms with Gasteiger partial charge in [-0.25, -0.2) is 0 Å². The van der Waals surface area contributed by atoms with Crippen LogP contribution in [0, 0.1) is 6.92 Å². The Morgan fingerprint density at radius 1 is 1.25 bits per heavy atom. The van der Waals surface area contributed by atoms with Gasteiger partial charge < -0.3 is 11.1 Å². The Morgan fingerprint density at radius 2 is 2.06 bits per heavy atom. The minimum atomic E-state index is 0.320. The number of nitrogen functional groups attached to an aromatic ring is 1. The highest BCUT2D eigenvalue weighted by molar-refractivity contribution is 7.10. The third-order valence-electron chi connectivity index (χ3n) is 2.72. The van der Waals surface area contributed by atoms with Crippen molar-refractivity contribution >= 4 is 22.7 Å². The van der Waals surface area contributed by atoms with Crippen molar-refractivity contribution in [2.24, 2.45) is 0 Å². The lowest BCUT2D eigenvalue weighted by molar-refractivity contribution is 0.906. The van der Waals surface area contributed by atoms with Crippen LogP contribution in [0.4, 0.5) is 11.4 Å². The third kappa shape index (κ3) is 2.19. The van der Waals surface area contributed by atoms with E-state index in [0.717, 1.165) is 16.9 Å². The van der Waals surface area contributed by atoms with E-state index in [4.69, 9.17) is 5.73 Å². The summed E-state index contributed by atoms with van der Waals surface area (Å²) in [4.78, 5) is 1.34. The maximum atomic E-state index is 5.88. The van der Waals surface area contributed by atoms with Gasteiger partial charge >= 0.3 is 0 Å². The Labute approximate surface area is 100 Å². The molecule has 0 amide bonds. The summed E-state index contributed by atoms with van der Waals surface area (Å²) in [5.74, 6) is 0. The Kier molecular flexibility index (Phi) is 3.15. The normalized spacial score (nSPS) is 12.4. The van der Waals surface area contributed by atoms with Crippen LogP contribution in [0.15, 0.2) is 35.7 Å². The van der Waals surface area contributed by atoms with Gasteiger partial charge in [0.1, 0.15) is 0 Å². The zero-order valence-corrected chi connectivity index (χ0v) is 10.3. The second-order valence-corrected chi connectivity index (χ2v) is 4.88. The molecule has 16 heavy (non-hydrogen) atoms. The van der Waals surface area contributed by atoms with Crippen molar-refractivity contribution in [3.05, 3.63) is 46.2 Å². The smallest absolute Gasteiger partial charge is 0.0578 e. The van der Waals surface area contributed by atoms with E-state index in [0.29, 0.717) is 6.04 Å². The summed E-state index contributed by atoms with van der Waals surface area (Å²) < 4.78 is 0. The number of rotatable bonds is 3. The molecule has 1 aromatic heterocycles. The summed E-state index contributed by atoms with van der Waals surface area (Å²) in [6, 6.07) is 10.5. The van der Waals surface area contributed by atoms with Crippen molar-refractivity contribution in [1.29, 1.82) is 0 Å². The van der Waals surface area contributed by atoms with Crippen LogP contribution in [-0.4, -0.2) is 0 Å². The molecule has 0 bridgehead atoms. The molecule has 2 aromatic rings. The molecule has 0 saturated carbocycles. The minimum Gasteiger partial charge on any atom is -0.398 e. The zero-order valence-electron chi connectivity index (χ0n) is 9.53. The van der Waals surface area contributed by atoms with Crippen LogP contribution in [-0.2, 0) is 0 Å². The van der Waals surface area contributed by atoms with E-state index in [2.05, 4.69) is 35.8 Å². The van der Waals surface area contributed by atoms with Crippen molar-refractivity contribution < 1.29 is 0 Å². The molecule has 0 spiro atoms. The summed E-state index contributed by atoms with van der Waals surface area (Å²) >= 11 is 1.77. The van der Waals surface area contributed by atoms with Gasteiger partial charge in [0.15, 0.2) is 0 Å². The molecule has 1 unspecified atom stereocenters. The van der Waals surface area contributed by atoms with Crippen LogP contribution >= 0.6 is 11.3 Å². The summed E-state index contributed by atoms with van der Waals surface area (Å²) in [6.45, 7) is 4.20. The van der Waals surface area contributed by atoms with Gasteiger partial charge in [0, 0.05) is 16.3 Å². The molecule has 0 aliphatic rings. The van der Waals surface area contributed by atoms with E-state index in [-0.39, 0.29) is 0 Å². The molecule has 3 N–H and O–H groups in total. The van der Waals surface area contributed by atoms with Crippen molar-refractivity contribution in [1.82, 2.24) is 0 Å². The van der Waals surface area contributed by atoms with Gasteiger partial charge in [-0.15, -0.1) is 11.3 Å². The monoisotopic (exact) mass is 232 g/mol. The number of anilines is 2. The Morgan fingerprint density at radius 3 is 2.75 bits per heavy atom. The fourth-order valence-electron chi connectivity index (χ4n) is 1.65. The fraction of sp³-hybridized carbons (Fsp3) is 0.231. The molecule has 1 aromatic carbocycles. The molecular formula is C13H16N2S. The molecule has 2 rings (SSSR count). The van der Waals surface area contributed by atoms with E-state index in [9.17, 15) is 0 Å². The van der Waals surface area contributed by atoms with Gasteiger partial charge in [-0.2, -0.15) is 0 Å². The molecule has 2 nitrogen and oxygen atoms in total. The first-order valence-corrected chi connectivity index (χ1v) is 6.21. The second kappa shape index (κ2) is 4.58. The minimum absolute atomic E-state index is 0.320. The van der Waals surface area contributed by atoms with Gasteiger partial charge in [-0.05, 0) is 43.0 Å². The highest BCUT2D eigenvalue weighted by Gasteiger charge is 2.08. The van der Waals surface area contributed by atoms with Gasteiger partial charge in [0.25, 0.3) is 0 Å². The van der Waals surface area contributed by atoms with Crippen molar-refractivity contribution in [3.63, 3.8) is 0 Å². The molecule has 84 valence electrons. The van der Waals surface area contributed by atoms with E-state index in [1.807, 2.05) is 19.1 Å². The number of hydrogen-bond donors (Lipinski definition) is 2. The maximum absolute atomic E-state index is 5.88. The molecule has 0 fully saturated rings. The first-order chi connectivity index (χ1) is 7.68. The first kappa shape index (κ1) is 11.0. The number of nitrogens with two attached hydrogens (primary N) is 1. The number of hydrogen-bond acceptors (Lipinski definition) is 3. The Hall–Kier alpha value is -1.48. The molecule has 1 heterocycles.